The van der Waals surface area contributed by atoms with Gasteiger partial charge in [0.15, 0.2) is 0 Å². The van der Waals surface area contributed by atoms with Gasteiger partial charge >= 0.3 is 7.75 Å². The monoisotopic (exact) mass is 339 g/mol. The molecule has 2 rings (SSSR count). The largest absolute Gasteiger partial charge is 0.508 e. The highest BCUT2D eigenvalue weighted by molar-refractivity contribution is 7.50. The first-order valence-electron chi connectivity index (χ1n) is 6.89. The molecule has 7 nitrogen and oxygen atoms in total. The Bertz CT molecular complexity index is 703. The Labute approximate surface area is 133 Å². The van der Waals surface area contributed by atoms with Crippen molar-refractivity contribution in [1.29, 1.82) is 0 Å². The number of aromatic hydroxyl groups is 1. The molecule has 0 aromatic heterocycles. The number of nitrogens with zero attached hydrogens (tertiary/aromatic N) is 1. The molecule has 1 aromatic rings. The molecule has 0 aliphatic heterocycles. The van der Waals surface area contributed by atoms with Gasteiger partial charge in [-0.15, -0.1) is 0 Å². The molecule has 0 spiro atoms. The van der Waals surface area contributed by atoms with Crippen molar-refractivity contribution < 1.29 is 29.7 Å². The zero-order valence-electron chi connectivity index (χ0n) is 12.3. The first kappa shape index (κ1) is 17.4. The fourth-order valence-corrected chi connectivity index (χ4v) is 2.92. The minimum Gasteiger partial charge on any atom is -0.508 e. The van der Waals surface area contributed by atoms with Crippen LogP contribution in [0.3, 0.4) is 0 Å². The predicted molar refractivity (Wildman–Crippen MR) is 85.3 cm³/mol. The molecule has 0 amide bonds. The summed E-state index contributed by atoms with van der Waals surface area (Å²) in [6.07, 6.45) is 2.75. The standard InChI is InChI=1S/C15H18NO6P/c1-9(10-2-4-11(17)5-3-10)15(19)13-8-12(18)6-7-14(13)16-23(20,21)22/h2-9,13,15,17-19H,1H3,(H2,20,21,22)/b16-14+. The molecule has 0 saturated heterocycles. The van der Waals surface area contributed by atoms with Crippen molar-refractivity contribution in [1.82, 2.24) is 0 Å². The van der Waals surface area contributed by atoms with E-state index in [0.29, 0.717) is 0 Å². The number of rotatable bonds is 4. The van der Waals surface area contributed by atoms with E-state index in [1.165, 1.54) is 30.4 Å². The number of aliphatic hydroxyl groups is 2. The Morgan fingerprint density at radius 1 is 1.13 bits per heavy atom. The SMILES string of the molecule is CC(c1ccc(O)cc1)C(O)C1C=C(O)C=C/C1=N\P(=O)(O)O. The third-order valence-electron chi connectivity index (χ3n) is 3.66. The second kappa shape index (κ2) is 6.68. The maximum absolute atomic E-state index is 11.1. The third kappa shape index (κ3) is 4.53. The molecule has 0 saturated carbocycles. The molecule has 0 radical (unpaired) electrons. The van der Waals surface area contributed by atoms with Crippen LogP contribution in [0.5, 0.6) is 5.75 Å². The summed E-state index contributed by atoms with van der Waals surface area (Å²) >= 11 is 0. The highest BCUT2D eigenvalue weighted by Gasteiger charge is 2.31. The van der Waals surface area contributed by atoms with Crippen molar-refractivity contribution in [2.45, 2.75) is 18.9 Å². The maximum atomic E-state index is 11.1. The second-order valence-corrected chi connectivity index (χ2v) is 6.59. The van der Waals surface area contributed by atoms with E-state index < -0.39 is 25.7 Å². The highest BCUT2D eigenvalue weighted by atomic mass is 31.2. The molecular formula is C15H18NO6P. The Kier molecular flexibility index (Phi) is 5.06. The Balaban J connectivity index is 2.32. The van der Waals surface area contributed by atoms with E-state index in [9.17, 15) is 19.9 Å². The van der Waals surface area contributed by atoms with Crippen LogP contribution in [0.25, 0.3) is 0 Å². The van der Waals surface area contributed by atoms with Crippen molar-refractivity contribution in [3.8, 4) is 5.75 Å². The van der Waals surface area contributed by atoms with Gasteiger partial charge in [-0.1, -0.05) is 19.1 Å². The van der Waals surface area contributed by atoms with Crippen LogP contribution in [0, 0.1) is 5.92 Å². The second-order valence-electron chi connectivity index (χ2n) is 5.36. The van der Waals surface area contributed by atoms with E-state index in [1.807, 2.05) is 0 Å². The van der Waals surface area contributed by atoms with Crippen LogP contribution in [0.2, 0.25) is 0 Å². The summed E-state index contributed by atoms with van der Waals surface area (Å²) in [5.41, 5.74) is 0.725. The van der Waals surface area contributed by atoms with E-state index in [2.05, 4.69) is 4.76 Å². The summed E-state index contributed by atoms with van der Waals surface area (Å²) in [5, 5.41) is 29.5. The van der Waals surface area contributed by atoms with Crippen LogP contribution < -0.4 is 0 Å². The summed E-state index contributed by atoms with van der Waals surface area (Å²) in [6.45, 7) is 1.73. The zero-order chi connectivity index (χ0) is 17.2. The molecule has 5 N–H and O–H groups in total. The Morgan fingerprint density at radius 2 is 1.74 bits per heavy atom. The van der Waals surface area contributed by atoms with Gasteiger partial charge in [-0.05, 0) is 35.9 Å². The molecule has 3 atom stereocenters. The lowest BCUT2D eigenvalue weighted by Crippen LogP contribution is -2.32. The molecule has 3 unspecified atom stereocenters. The van der Waals surface area contributed by atoms with E-state index in [-0.39, 0.29) is 17.2 Å². The predicted octanol–water partition coefficient (Wildman–Crippen LogP) is 2.02. The van der Waals surface area contributed by atoms with Gasteiger partial charge in [0.1, 0.15) is 11.5 Å². The number of phenols is 1. The molecule has 23 heavy (non-hydrogen) atoms. The van der Waals surface area contributed by atoms with Crippen molar-refractivity contribution in [2.24, 2.45) is 10.7 Å². The van der Waals surface area contributed by atoms with Crippen LogP contribution >= 0.6 is 7.75 Å². The average molecular weight is 339 g/mol. The summed E-state index contributed by atoms with van der Waals surface area (Å²) in [4.78, 5) is 18.0. The van der Waals surface area contributed by atoms with Crippen LogP contribution in [0.4, 0.5) is 0 Å². The molecule has 1 aliphatic rings. The molecule has 1 aliphatic carbocycles. The van der Waals surface area contributed by atoms with Crippen LogP contribution in [0.1, 0.15) is 18.4 Å². The normalized spacial score (nSPS) is 22.7. The number of aliphatic hydroxyl groups excluding tert-OH is 2. The number of allylic oxidation sites excluding steroid dienone is 2. The van der Waals surface area contributed by atoms with Crippen LogP contribution in [0.15, 0.2) is 53.0 Å². The summed E-state index contributed by atoms with van der Waals surface area (Å²) in [6, 6.07) is 6.26. The molecule has 0 fully saturated rings. The van der Waals surface area contributed by atoms with E-state index in [4.69, 9.17) is 9.79 Å². The quantitative estimate of drug-likeness (QED) is 0.533. The summed E-state index contributed by atoms with van der Waals surface area (Å²) in [7, 11) is -4.66. The van der Waals surface area contributed by atoms with Crippen molar-refractivity contribution in [2.75, 3.05) is 0 Å². The van der Waals surface area contributed by atoms with Gasteiger partial charge in [0.05, 0.1) is 11.8 Å². The Morgan fingerprint density at radius 3 is 2.30 bits per heavy atom. The van der Waals surface area contributed by atoms with Gasteiger partial charge in [0, 0.05) is 11.8 Å². The van der Waals surface area contributed by atoms with Gasteiger partial charge < -0.3 is 25.1 Å². The van der Waals surface area contributed by atoms with E-state index in [1.54, 1.807) is 19.1 Å². The van der Waals surface area contributed by atoms with Crippen molar-refractivity contribution >= 4 is 13.5 Å². The lowest BCUT2D eigenvalue weighted by molar-refractivity contribution is 0.129. The zero-order valence-corrected chi connectivity index (χ0v) is 13.2. The average Bonchev–Trinajstić information content (AvgIpc) is 2.47. The van der Waals surface area contributed by atoms with Crippen LogP contribution in [-0.4, -0.2) is 36.9 Å². The highest BCUT2D eigenvalue weighted by Crippen LogP contribution is 2.39. The molecule has 0 heterocycles. The van der Waals surface area contributed by atoms with Gasteiger partial charge in [-0.2, -0.15) is 4.76 Å². The number of hydrogen-bond donors (Lipinski definition) is 5. The number of hydrogen-bond acceptors (Lipinski definition) is 4. The Hall–Kier alpha value is -1.92. The molecule has 8 heteroatoms. The van der Waals surface area contributed by atoms with Gasteiger partial charge in [-0.3, -0.25) is 0 Å². The molecule has 124 valence electrons. The maximum Gasteiger partial charge on any atom is 0.448 e. The van der Waals surface area contributed by atoms with Gasteiger partial charge in [0.2, 0.25) is 0 Å². The summed E-state index contributed by atoms with van der Waals surface area (Å²) < 4.78 is 14.4. The third-order valence-corrected chi connectivity index (χ3v) is 4.15. The van der Waals surface area contributed by atoms with Crippen molar-refractivity contribution in [3.63, 3.8) is 0 Å². The van der Waals surface area contributed by atoms with E-state index in [0.717, 1.165) is 5.56 Å². The molecule has 1 aromatic carbocycles. The smallest absolute Gasteiger partial charge is 0.448 e. The fourth-order valence-electron chi connectivity index (χ4n) is 2.42. The topological polar surface area (TPSA) is 131 Å². The van der Waals surface area contributed by atoms with Gasteiger partial charge in [0.25, 0.3) is 0 Å². The minimum atomic E-state index is -4.66. The lowest BCUT2D eigenvalue weighted by Gasteiger charge is -2.27. The number of phenolic OH excluding ortho intramolecular Hbond substituents is 1. The summed E-state index contributed by atoms with van der Waals surface area (Å²) in [5.74, 6) is -1.30. The van der Waals surface area contributed by atoms with Crippen LogP contribution in [-0.2, 0) is 4.57 Å². The first-order valence-corrected chi connectivity index (χ1v) is 8.45. The van der Waals surface area contributed by atoms with Crippen molar-refractivity contribution in [3.05, 3.63) is 53.8 Å². The van der Waals surface area contributed by atoms with Gasteiger partial charge in [-0.25, -0.2) is 4.57 Å². The van der Waals surface area contributed by atoms with E-state index >= 15 is 0 Å². The fraction of sp³-hybridized carbons (Fsp3) is 0.267. The number of benzene rings is 1. The lowest BCUT2D eigenvalue weighted by atomic mass is 9.82. The molecule has 0 bridgehead atoms. The minimum absolute atomic E-state index is 0.00531. The molecular weight excluding hydrogens is 321 g/mol. The first-order chi connectivity index (χ1) is 10.7.